The summed E-state index contributed by atoms with van der Waals surface area (Å²) in [6, 6.07) is 15.2. The molecular weight excluding hydrogens is 252 g/mol. The van der Waals surface area contributed by atoms with Crippen molar-refractivity contribution >= 4 is 39.2 Å². The third-order valence-electron chi connectivity index (χ3n) is 3.87. The van der Waals surface area contributed by atoms with Crippen LogP contribution in [0.25, 0.3) is 27.6 Å². The van der Waals surface area contributed by atoms with Gasteiger partial charge in [-0.3, -0.25) is 0 Å². The fraction of sp³-hybridized carbons (Fsp3) is 0.111. The molecule has 0 atom stereocenters. The molecule has 19 heavy (non-hydrogen) atoms. The Morgan fingerprint density at radius 3 is 2.21 bits per heavy atom. The molecule has 3 aromatic carbocycles. The number of benzene rings is 3. The molecule has 0 radical (unpaired) electrons. The van der Waals surface area contributed by atoms with Gasteiger partial charge in [-0.15, -0.1) is 0 Å². The van der Waals surface area contributed by atoms with Crippen molar-refractivity contribution in [3.63, 3.8) is 0 Å². The van der Waals surface area contributed by atoms with Gasteiger partial charge in [0.1, 0.15) is 0 Å². The van der Waals surface area contributed by atoms with Crippen molar-refractivity contribution in [3.8, 4) is 0 Å². The van der Waals surface area contributed by atoms with Gasteiger partial charge in [0.2, 0.25) is 0 Å². The Kier molecular flexibility index (Phi) is 3.04. The number of aryl methyl sites for hydroxylation is 1. The predicted octanol–water partition coefficient (Wildman–Crippen LogP) is 5.82. The van der Waals surface area contributed by atoms with E-state index in [0.717, 1.165) is 0 Å². The lowest BCUT2D eigenvalue weighted by molar-refractivity contribution is 1.36. The average molecular weight is 267 g/mol. The van der Waals surface area contributed by atoms with E-state index in [-0.39, 0.29) is 0 Å². The van der Waals surface area contributed by atoms with Crippen LogP contribution in [0.4, 0.5) is 0 Å². The summed E-state index contributed by atoms with van der Waals surface area (Å²) < 4.78 is 0. The van der Waals surface area contributed by atoms with E-state index in [1.54, 1.807) is 5.54 Å². The maximum Gasteiger partial charge on any atom is 0.00485 e. The Morgan fingerprint density at radius 2 is 1.53 bits per heavy atom. The van der Waals surface area contributed by atoms with Crippen LogP contribution < -0.4 is 0 Å². The van der Waals surface area contributed by atoms with E-state index in [9.17, 15) is 0 Å². The fourth-order valence-corrected chi connectivity index (χ4v) is 2.77. The number of hydrogen-bond donors (Lipinski definition) is 0. The van der Waals surface area contributed by atoms with Crippen LogP contribution in [-0.2, 0) is 0 Å². The van der Waals surface area contributed by atoms with Gasteiger partial charge in [0.15, 0.2) is 0 Å². The SMILES string of the molecule is Cc1c(/C=C/Cl)cc2cc3ccccc3cc2c1C. The summed E-state index contributed by atoms with van der Waals surface area (Å²) in [6.45, 7) is 4.33. The quantitative estimate of drug-likeness (QED) is 0.487. The van der Waals surface area contributed by atoms with Gasteiger partial charge in [0, 0.05) is 5.54 Å². The van der Waals surface area contributed by atoms with Crippen LogP contribution in [-0.4, -0.2) is 0 Å². The van der Waals surface area contributed by atoms with Gasteiger partial charge >= 0.3 is 0 Å². The van der Waals surface area contributed by atoms with E-state index < -0.39 is 0 Å². The van der Waals surface area contributed by atoms with Gasteiger partial charge in [-0.25, -0.2) is 0 Å². The summed E-state index contributed by atoms with van der Waals surface area (Å²) in [6.07, 6.45) is 1.96. The fourth-order valence-electron chi connectivity index (χ4n) is 2.64. The number of halogens is 1. The molecule has 0 saturated heterocycles. The highest BCUT2D eigenvalue weighted by molar-refractivity contribution is 6.27. The van der Waals surface area contributed by atoms with Crippen LogP contribution in [0.2, 0.25) is 0 Å². The Morgan fingerprint density at radius 1 is 0.842 bits per heavy atom. The molecule has 0 aromatic heterocycles. The number of hydrogen-bond acceptors (Lipinski definition) is 0. The van der Waals surface area contributed by atoms with Crippen molar-refractivity contribution in [3.05, 3.63) is 64.7 Å². The zero-order valence-electron chi connectivity index (χ0n) is 11.1. The minimum absolute atomic E-state index is 1.19. The van der Waals surface area contributed by atoms with Crippen LogP contribution in [0.3, 0.4) is 0 Å². The normalized spacial score (nSPS) is 11.7. The Labute approximate surface area is 118 Å². The van der Waals surface area contributed by atoms with Crippen LogP contribution in [0.5, 0.6) is 0 Å². The molecule has 0 aliphatic heterocycles. The molecule has 0 heterocycles. The minimum Gasteiger partial charge on any atom is -0.0929 e. The lowest BCUT2D eigenvalue weighted by atomic mass is 9.94. The van der Waals surface area contributed by atoms with E-state index in [1.807, 2.05) is 6.08 Å². The third kappa shape index (κ3) is 2.02. The second-order valence-corrected chi connectivity index (χ2v) is 5.18. The van der Waals surface area contributed by atoms with E-state index in [0.29, 0.717) is 0 Å². The van der Waals surface area contributed by atoms with Crippen molar-refractivity contribution < 1.29 is 0 Å². The number of rotatable bonds is 1. The lowest BCUT2D eigenvalue weighted by Crippen LogP contribution is -1.89. The first-order valence-electron chi connectivity index (χ1n) is 6.40. The largest absolute Gasteiger partial charge is 0.0929 e. The average Bonchev–Trinajstić information content (AvgIpc) is 2.43. The lowest BCUT2D eigenvalue weighted by Gasteiger charge is -2.11. The standard InChI is InChI=1S/C18H15Cl/c1-12-13(2)18-11-16-6-4-3-5-15(16)10-17(18)9-14(12)7-8-19/h3-11H,1-2H3/b8-7+. The smallest absolute Gasteiger partial charge is 0.00485 e. The zero-order chi connectivity index (χ0) is 13.4. The van der Waals surface area contributed by atoms with Crippen molar-refractivity contribution in [2.45, 2.75) is 13.8 Å². The summed E-state index contributed by atoms with van der Waals surface area (Å²) in [5, 5.41) is 5.16. The molecule has 0 aliphatic rings. The first-order chi connectivity index (χ1) is 9.20. The van der Waals surface area contributed by atoms with E-state index in [1.165, 1.54) is 38.2 Å². The van der Waals surface area contributed by atoms with E-state index in [2.05, 4.69) is 56.3 Å². The van der Waals surface area contributed by atoms with Crippen molar-refractivity contribution in [1.82, 2.24) is 0 Å². The summed E-state index contributed by atoms with van der Waals surface area (Å²) in [7, 11) is 0. The van der Waals surface area contributed by atoms with Gasteiger partial charge < -0.3 is 0 Å². The monoisotopic (exact) mass is 266 g/mol. The molecule has 0 spiro atoms. The first-order valence-corrected chi connectivity index (χ1v) is 6.84. The third-order valence-corrected chi connectivity index (χ3v) is 4.00. The van der Waals surface area contributed by atoms with E-state index in [4.69, 9.17) is 11.6 Å². The summed E-state index contributed by atoms with van der Waals surface area (Å²) in [5.41, 5.74) is 5.39. The highest BCUT2D eigenvalue weighted by Crippen LogP contribution is 2.29. The van der Waals surface area contributed by atoms with Crippen molar-refractivity contribution in [1.29, 1.82) is 0 Å². The molecule has 0 unspecified atom stereocenters. The topological polar surface area (TPSA) is 0 Å². The molecule has 0 aliphatic carbocycles. The van der Waals surface area contributed by atoms with Gasteiger partial charge in [-0.05, 0) is 76.4 Å². The molecule has 0 saturated carbocycles. The molecule has 0 fully saturated rings. The second kappa shape index (κ2) is 4.71. The predicted molar refractivity (Wildman–Crippen MR) is 85.8 cm³/mol. The number of fused-ring (bicyclic) bond motifs is 2. The zero-order valence-corrected chi connectivity index (χ0v) is 11.8. The van der Waals surface area contributed by atoms with Crippen LogP contribution in [0, 0.1) is 13.8 Å². The molecule has 3 aromatic rings. The summed E-state index contributed by atoms with van der Waals surface area (Å²) in [4.78, 5) is 0. The van der Waals surface area contributed by atoms with Gasteiger partial charge in [0.25, 0.3) is 0 Å². The molecule has 1 heteroatoms. The maximum atomic E-state index is 5.73. The maximum absolute atomic E-state index is 5.73. The minimum atomic E-state index is 1.19. The van der Waals surface area contributed by atoms with Gasteiger partial charge in [0.05, 0.1) is 0 Å². The molecule has 0 nitrogen and oxygen atoms in total. The second-order valence-electron chi connectivity index (χ2n) is 4.93. The molecule has 0 bridgehead atoms. The first kappa shape index (κ1) is 12.3. The molecule has 94 valence electrons. The molecule has 0 amide bonds. The van der Waals surface area contributed by atoms with Crippen LogP contribution in [0.15, 0.2) is 48.0 Å². The molecular formula is C18H15Cl. The highest BCUT2D eigenvalue weighted by Gasteiger charge is 2.06. The highest BCUT2D eigenvalue weighted by atomic mass is 35.5. The van der Waals surface area contributed by atoms with Gasteiger partial charge in [-0.1, -0.05) is 35.9 Å². The summed E-state index contributed by atoms with van der Waals surface area (Å²) in [5.74, 6) is 0. The van der Waals surface area contributed by atoms with Crippen LogP contribution >= 0.6 is 11.6 Å². The summed E-state index contributed by atoms with van der Waals surface area (Å²) >= 11 is 5.73. The molecule has 3 rings (SSSR count). The van der Waals surface area contributed by atoms with Crippen molar-refractivity contribution in [2.75, 3.05) is 0 Å². The van der Waals surface area contributed by atoms with Crippen LogP contribution in [0.1, 0.15) is 16.7 Å². The Balaban J connectivity index is 2.44. The Hall–Kier alpha value is -1.79. The van der Waals surface area contributed by atoms with E-state index >= 15 is 0 Å². The Bertz CT molecular complexity index is 797. The van der Waals surface area contributed by atoms with Crippen molar-refractivity contribution in [2.24, 2.45) is 0 Å². The van der Waals surface area contributed by atoms with Gasteiger partial charge in [-0.2, -0.15) is 0 Å². The molecule has 0 N–H and O–H groups in total.